The molecule has 1 rings (SSSR count). The maximum Gasteiger partial charge on any atom is 0.323 e. The van der Waals surface area contributed by atoms with Gasteiger partial charge in [0, 0.05) is 0 Å². The Balaban J connectivity index is -0.0000000508. The highest BCUT2D eigenvalue weighted by Gasteiger charge is 2.14. The van der Waals surface area contributed by atoms with Crippen molar-refractivity contribution in [3.8, 4) is 0 Å². The molecule has 0 saturated heterocycles. The third-order valence-corrected chi connectivity index (χ3v) is 2.73. The van der Waals surface area contributed by atoms with Crippen molar-refractivity contribution in [2.24, 2.45) is 0 Å². The van der Waals surface area contributed by atoms with Crippen molar-refractivity contribution in [1.29, 1.82) is 0 Å². The van der Waals surface area contributed by atoms with Crippen LogP contribution in [0.2, 0.25) is 0 Å². The van der Waals surface area contributed by atoms with E-state index in [-0.39, 0.29) is 18.1 Å². The van der Waals surface area contributed by atoms with Crippen molar-refractivity contribution in [1.82, 2.24) is 0 Å². The van der Waals surface area contributed by atoms with Gasteiger partial charge in [-0.2, -0.15) is 8.42 Å². The molecule has 0 aliphatic carbocycles. The molecule has 0 aromatic heterocycles. The maximum absolute atomic E-state index is 11.2. The Kier molecular flexibility index (Phi) is 78.0. The summed E-state index contributed by atoms with van der Waals surface area (Å²) in [5, 5.41) is 15.2. The van der Waals surface area contributed by atoms with Gasteiger partial charge in [0.1, 0.15) is 0 Å². The van der Waals surface area contributed by atoms with E-state index in [1.165, 1.54) is 12.1 Å². The number of benzene rings is 1. The summed E-state index contributed by atoms with van der Waals surface area (Å²) in [6.07, 6.45) is 0. The van der Waals surface area contributed by atoms with E-state index in [2.05, 4.69) is 88.2 Å². The maximum atomic E-state index is 11.2. The fourth-order valence-corrected chi connectivity index (χ4v) is 1.56. The van der Waals surface area contributed by atoms with Crippen LogP contribution in [0.1, 0.15) is 5.56 Å². The molecule has 0 spiro atoms. The van der Waals surface area contributed by atoms with Gasteiger partial charge in [0.05, 0.1) is 25.2 Å². The molecular weight excluding hydrogens is 392 g/mol. The summed E-state index contributed by atoms with van der Waals surface area (Å²) in [6, 6.07) is 6.30. The highest BCUT2D eigenvalue weighted by atomic mass is 32.2. The molecule has 0 saturated carbocycles. The molecule has 1 aromatic carbocycles. The quantitative estimate of drug-likeness (QED) is 0.393. The minimum atomic E-state index is -3.75. The highest BCUT2D eigenvalue weighted by Crippen LogP contribution is 2.12. The lowest BCUT2D eigenvalue weighted by Crippen LogP contribution is -2.05. The van der Waals surface area contributed by atoms with Gasteiger partial charge in [0.25, 0.3) is 0 Å². The Labute approximate surface area is 179 Å². The van der Waals surface area contributed by atoms with Crippen LogP contribution < -0.4 is 0 Å². The van der Waals surface area contributed by atoms with Gasteiger partial charge in [-0.1, -0.05) is 17.7 Å². The Morgan fingerprint density at radius 2 is 1.00 bits per heavy atom. The topological polar surface area (TPSA) is 93.1 Å². The van der Waals surface area contributed by atoms with Crippen molar-refractivity contribution < 1.29 is 27.9 Å². The number of aliphatic hydroxyl groups excluding tert-OH is 2. The zero-order valence-electron chi connectivity index (χ0n) is 18.1. The zero-order valence-corrected chi connectivity index (χ0v) is 19.0. The normalized spacial score (nSPS) is 7.03. The SMILES string of the molecule is C=C.C=C.C=C.C=C.C=C.C=C.COOS(=O)(=O)c1ccc(C)cc1.OCCO. The van der Waals surface area contributed by atoms with Crippen LogP contribution in [0, 0.1) is 6.92 Å². The summed E-state index contributed by atoms with van der Waals surface area (Å²) in [5.41, 5.74) is 0.983. The van der Waals surface area contributed by atoms with Gasteiger partial charge in [-0.05, 0) is 19.1 Å². The lowest BCUT2D eigenvalue weighted by Gasteiger charge is -2.01. The van der Waals surface area contributed by atoms with Gasteiger partial charge in [0.15, 0.2) is 0 Å². The molecule has 1 aromatic rings. The first-order valence-electron chi connectivity index (χ1n) is 7.73. The summed E-state index contributed by atoms with van der Waals surface area (Å²) < 4.78 is 26.5. The molecule has 0 amide bonds. The Hall–Kier alpha value is -2.55. The molecule has 0 fully saturated rings. The molecule has 2 N–H and O–H groups in total. The van der Waals surface area contributed by atoms with Crippen molar-refractivity contribution in [2.75, 3.05) is 20.3 Å². The van der Waals surface area contributed by atoms with Gasteiger partial charge in [-0.25, -0.2) is 4.89 Å². The van der Waals surface area contributed by atoms with E-state index in [9.17, 15) is 8.42 Å². The average Bonchev–Trinajstić information content (AvgIpc) is 2.82. The van der Waals surface area contributed by atoms with Crippen LogP contribution in [0.25, 0.3) is 0 Å². The minimum Gasteiger partial charge on any atom is -0.394 e. The molecule has 170 valence electrons. The van der Waals surface area contributed by atoms with Crippen molar-refractivity contribution in [2.45, 2.75) is 11.8 Å². The van der Waals surface area contributed by atoms with E-state index in [1.807, 2.05) is 6.92 Å². The van der Waals surface area contributed by atoms with Crippen LogP contribution in [0.4, 0.5) is 0 Å². The van der Waals surface area contributed by atoms with E-state index < -0.39 is 10.1 Å². The second-order valence-electron chi connectivity index (χ2n) is 2.95. The molecule has 29 heavy (non-hydrogen) atoms. The lowest BCUT2D eigenvalue weighted by atomic mass is 10.2. The Morgan fingerprint density at radius 1 is 0.724 bits per heavy atom. The second-order valence-corrected chi connectivity index (χ2v) is 4.46. The summed E-state index contributed by atoms with van der Waals surface area (Å²) in [4.78, 5) is 4.19. The van der Waals surface area contributed by atoms with Crippen LogP contribution in [0.5, 0.6) is 0 Å². The summed E-state index contributed by atoms with van der Waals surface area (Å²) in [5.74, 6) is 0. The van der Waals surface area contributed by atoms with Crippen LogP contribution in [-0.4, -0.2) is 39.0 Å². The van der Waals surface area contributed by atoms with Crippen LogP contribution in [-0.2, 0) is 19.3 Å². The largest absolute Gasteiger partial charge is 0.394 e. The van der Waals surface area contributed by atoms with Crippen molar-refractivity contribution in [3.05, 3.63) is 109 Å². The Morgan fingerprint density at radius 3 is 1.21 bits per heavy atom. The number of hydrogen-bond acceptors (Lipinski definition) is 6. The van der Waals surface area contributed by atoms with Crippen LogP contribution in [0.15, 0.2) is 108 Å². The molecular formula is C22H40O6S. The van der Waals surface area contributed by atoms with Gasteiger partial charge in [0.2, 0.25) is 0 Å². The molecule has 7 heteroatoms. The first-order valence-corrected chi connectivity index (χ1v) is 9.14. The van der Waals surface area contributed by atoms with E-state index in [0.717, 1.165) is 12.7 Å². The van der Waals surface area contributed by atoms with Gasteiger partial charge in [-0.3, -0.25) is 0 Å². The van der Waals surface area contributed by atoms with Gasteiger partial charge >= 0.3 is 10.1 Å². The molecule has 0 bridgehead atoms. The van der Waals surface area contributed by atoms with Crippen molar-refractivity contribution in [3.63, 3.8) is 0 Å². The molecule has 0 heterocycles. The fourth-order valence-electron chi connectivity index (χ4n) is 0.834. The van der Waals surface area contributed by atoms with E-state index in [0.29, 0.717) is 0 Å². The summed E-state index contributed by atoms with van der Waals surface area (Å²) in [7, 11) is -2.60. The fraction of sp³-hybridized carbons (Fsp3) is 0.182. The van der Waals surface area contributed by atoms with Crippen molar-refractivity contribution >= 4 is 10.1 Å². The number of rotatable bonds is 4. The summed E-state index contributed by atoms with van der Waals surface area (Å²) >= 11 is 0. The van der Waals surface area contributed by atoms with E-state index in [1.54, 1.807) is 12.1 Å². The smallest absolute Gasteiger partial charge is 0.323 e. The Bertz CT molecular complexity index is 469. The predicted molar refractivity (Wildman–Crippen MR) is 128 cm³/mol. The van der Waals surface area contributed by atoms with Gasteiger partial charge in [-0.15, -0.1) is 83.3 Å². The first kappa shape index (κ1) is 45.3. The predicted octanol–water partition coefficient (Wildman–Crippen LogP) is 5.05. The standard InChI is InChI=1S/C8H10O4S.C2H6O2.6C2H4/c1-7-3-5-8(6-4-7)13(9,10)12-11-2;3-1-2-4;6*1-2/h3-6H,1-2H3;3-4H,1-2H2;6*1-2H2. The molecule has 6 nitrogen and oxygen atoms in total. The molecule has 0 atom stereocenters. The molecule has 0 aliphatic rings. The van der Waals surface area contributed by atoms with Crippen LogP contribution in [0.3, 0.4) is 0 Å². The van der Waals surface area contributed by atoms with Gasteiger partial charge < -0.3 is 10.2 Å². The zero-order chi connectivity index (χ0) is 25.3. The average molecular weight is 433 g/mol. The molecule has 0 radical (unpaired) electrons. The minimum absolute atomic E-state index is 0.0833. The third-order valence-electron chi connectivity index (χ3n) is 1.57. The monoisotopic (exact) mass is 432 g/mol. The van der Waals surface area contributed by atoms with E-state index >= 15 is 0 Å². The number of hydrogen-bond donors (Lipinski definition) is 2. The molecule has 0 aliphatic heterocycles. The second kappa shape index (κ2) is 50.0. The first-order chi connectivity index (χ1) is 14.0. The highest BCUT2D eigenvalue weighted by molar-refractivity contribution is 7.86. The third kappa shape index (κ3) is 41.1. The number of aryl methyl sites for hydroxylation is 1. The van der Waals surface area contributed by atoms with Crippen LogP contribution >= 0.6 is 0 Å². The summed E-state index contributed by atoms with van der Waals surface area (Å²) in [6.45, 7) is 37.6. The lowest BCUT2D eigenvalue weighted by molar-refractivity contribution is -0.172. The number of aliphatic hydroxyl groups is 2. The van der Waals surface area contributed by atoms with E-state index in [4.69, 9.17) is 10.2 Å². The molecule has 0 unspecified atom stereocenters.